The molecule has 0 spiro atoms. The van der Waals surface area contributed by atoms with Crippen molar-refractivity contribution in [2.45, 2.75) is 427 Å². The molecule has 0 amide bonds. The van der Waals surface area contributed by atoms with Crippen LogP contribution in [0.5, 0.6) is 0 Å². The summed E-state index contributed by atoms with van der Waals surface area (Å²) in [4.78, 5) is 73.0. The quantitative estimate of drug-likeness (QED) is 0.0222. The minimum Gasteiger partial charge on any atom is -0.462 e. The van der Waals surface area contributed by atoms with E-state index in [1.807, 2.05) is 0 Å². The smallest absolute Gasteiger partial charge is 0.462 e. The molecule has 99 heavy (non-hydrogen) atoms. The molecular weight excluding hydrogens is 1290 g/mol. The first-order chi connectivity index (χ1) is 47.6. The summed E-state index contributed by atoms with van der Waals surface area (Å²) >= 11 is 0. The van der Waals surface area contributed by atoms with Crippen LogP contribution < -0.4 is 0 Å². The Morgan fingerprint density at radius 2 is 0.485 bits per heavy atom. The van der Waals surface area contributed by atoms with Gasteiger partial charge in [-0.15, -0.1) is 0 Å². The Bertz CT molecular complexity index is 1940. The first kappa shape index (κ1) is 97.1. The zero-order chi connectivity index (χ0) is 73.1. The molecule has 0 aromatic carbocycles. The highest BCUT2D eigenvalue weighted by Gasteiger charge is 2.30. The van der Waals surface area contributed by atoms with Crippen molar-refractivity contribution in [3.05, 3.63) is 0 Å². The Labute approximate surface area is 607 Å². The Balaban J connectivity index is 5.28. The first-order valence-electron chi connectivity index (χ1n) is 41.2. The van der Waals surface area contributed by atoms with Gasteiger partial charge in [-0.3, -0.25) is 37.3 Å². The molecule has 0 bridgehead atoms. The number of carbonyl (C=O) groups excluding carboxylic acids is 4. The maximum atomic E-state index is 13.1. The summed E-state index contributed by atoms with van der Waals surface area (Å²) in [7, 11) is -9.92. The van der Waals surface area contributed by atoms with Crippen molar-refractivity contribution in [3.63, 3.8) is 0 Å². The van der Waals surface area contributed by atoms with Gasteiger partial charge in [-0.2, -0.15) is 0 Å². The summed E-state index contributed by atoms with van der Waals surface area (Å²) in [6.45, 7) is 14.3. The Hall–Kier alpha value is -1.94. The summed E-state index contributed by atoms with van der Waals surface area (Å²) in [6, 6.07) is 0. The summed E-state index contributed by atoms with van der Waals surface area (Å²) in [6.07, 6.45) is 55.3. The number of esters is 4. The average molecular weight is 1450 g/mol. The SMILES string of the molecule is CCC(C)CCCCCCCCCCCCC(=O)O[C@H](COC(=O)CCCCCCCCCCCC(C)C)COP(=O)(O)OC[C@H](O)COP(=O)(O)OC[C@@H](COC(=O)CCCCCCCCCCCCCCCC(C)C)OC(=O)CCCCCCCCCCCCCCCCC(C)C. The van der Waals surface area contributed by atoms with Crippen LogP contribution in [0.2, 0.25) is 0 Å². The van der Waals surface area contributed by atoms with Gasteiger partial charge in [0, 0.05) is 25.7 Å². The van der Waals surface area contributed by atoms with E-state index in [2.05, 4.69) is 55.4 Å². The predicted octanol–water partition coefficient (Wildman–Crippen LogP) is 23.6. The van der Waals surface area contributed by atoms with Crippen LogP contribution >= 0.6 is 15.6 Å². The van der Waals surface area contributed by atoms with E-state index < -0.39 is 97.5 Å². The van der Waals surface area contributed by atoms with Gasteiger partial charge < -0.3 is 33.8 Å². The Kier molecular flexibility index (Phi) is 67.8. The molecule has 3 unspecified atom stereocenters. The number of hydrogen-bond acceptors (Lipinski definition) is 15. The lowest BCUT2D eigenvalue weighted by atomic mass is 9.99. The second-order valence-electron chi connectivity index (χ2n) is 30.5. The highest BCUT2D eigenvalue weighted by atomic mass is 31.2. The second kappa shape index (κ2) is 69.1. The predicted molar refractivity (Wildman–Crippen MR) is 404 cm³/mol. The van der Waals surface area contributed by atoms with Gasteiger partial charge in [0.15, 0.2) is 12.2 Å². The van der Waals surface area contributed by atoms with E-state index in [9.17, 15) is 43.2 Å². The summed E-state index contributed by atoms with van der Waals surface area (Å²) in [5.41, 5.74) is 0. The van der Waals surface area contributed by atoms with Crippen molar-refractivity contribution >= 4 is 39.5 Å². The fraction of sp³-hybridized carbons (Fsp3) is 0.950. The molecule has 19 heteroatoms. The van der Waals surface area contributed by atoms with Crippen molar-refractivity contribution in [2.24, 2.45) is 23.7 Å². The molecular formula is C80H156O17P2. The van der Waals surface area contributed by atoms with Crippen LogP contribution in [0.4, 0.5) is 0 Å². The maximum absolute atomic E-state index is 13.1. The molecule has 0 aliphatic heterocycles. The molecule has 0 aliphatic rings. The standard InChI is InChI=1S/C80H156O17P2/c1-9-73(8)59-51-43-35-27-21-22-30-39-47-55-63-80(85)97-76(67-91-78(83)61-53-45-37-31-23-26-34-42-50-58-72(6)7)69-95-99(88,89)93-65-74(81)64-92-98(86,87)94-68-75(66-90-77(82)60-52-44-36-28-19-16-12-14-18-25-33-41-49-57-71(4)5)96-79(84)62-54-46-38-29-20-15-11-10-13-17-24-32-40-48-56-70(2)3/h70-76,81H,9-69H2,1-8H3,(H,86,87)(H,88,89)/t73?,74-,75-,76-/m1/s1. The van der Waals surface area contributed by atoms with E-state index in [1.165, 1.54) is 212 Å². The Morgan fingerprint density at radius 3 is 0.717 bits per heavy atom. The van der Waals surface area contributed by atoms with Crippen LogP contribution in [-0.4, -0.2) is 96.7 Å². The number of hydrogen-bond donors (Lipinski definition) is 3. The first-order valence-corrected chi connectivity index (χ1v) is 44.2. The van der Waals surface area contributed by atoms with Gasteiger partial charge in [-0.25, -0.2) is 9.13 Å². The van der Waals surface area contributed by atoms with Gasteiger partial charge in [0.2, 0.25) is 0 Å². The highest BCUT2D eigenvalue weighted by molar-refractivity contribution is 7.47. The third-order valence-corrected chi connectivity index (χ3v) is 20.8. The lowest BCUT2D eigenvalue weighted by Gasteiger charge is -2.21. The lowest BCUT2D eigenvalue weighted by Crippen LogP contribution is -2.30. The van der Waals surface area contributed by atoms with E-state index in [4.69, 9.17) is 37.0 Å². The lowest BCUT2D eigenvalue weighted by molar-refractivity contribution is -0.161. The summed E-state index contributed by atoms with van der Waals surface area (Å²) in [5, 5.41) is 10.6. The molecule has 17 nitrogen and oxygen atoms in total. The molecule has 0 aromatic rings. The molecule has 0 aliphatic carbocycles. The Morgan fingerprint density at radius 1 is 0.283 bits per heavy atom. The number of aliphatic hydroxyl groups excluding tert-OH is 1. The summed E-state index contributed by atoms with van der Waals surface area (Å²) < 4.78 is 68.7. The van der Waals surface area contributed by atoms with E-state index in [-0.39, 0.29) is 25.7 Å². The van der Waals surface area contributed by atoms with Crippen LogP contribution in [0, 0.1) is 23.7 Å². The second-order valence-corrected chi connectivity index (χ2v) is 33.4. The van der Waals surface area contributed by atoms with Crippen molar-refractivity contribution in [2.75, 3.05) is 39.6 Å². The number of phosphoric ester groups is 2. The van der Waals surface area contributed by atoms with Crippen molar-refractivity contribution in [3.8, 4) is 0 Å². The molecule has 0 saturated carbocycles. The third kappa shape index (κ3) is 72.8. The van der Waals surface area contributed by atoms with Crippen LogP contribution in [0.25, 0.3) is 0 Å². The van der Waals surface area contributed by atoms with E-state index >= 15 is 0 Å². The molecule has 0 saturated heterocycles. The largest absolute Gasteiger partial charge is 0.472 e. The average Bonchev–Trinajstić information content (AvgIpc) is 1.00. The topological polar surface area (TPSA) is 237 Å². The van der Waals surface area contributed by atoms with Gasteiger partial charge in [0.05, 0.1) is 26.4 Å². The minimum atomic E-state index is -4.96. The zero-order valence-corrected chi connectivity index (χ0v) is 66.9. The van der Waals surface area contributed by atoms with Crippen LogP contribution in [0.1, 0.15) is 409 Å². The van der Waals surface area contributed by atoms with E-state index in [0.717, 1.165) is 114 Å². The molecule has 0 rings (SSSR count). The van der Waals surface area contributed by atoms with Gasteiger partial charge in [-0.05, 0) is 49.4 Å². The maximum Gasteiger partial charge on any atom is 0.472 e. The molecule has 0 heterocycles. The van der Waals surface area contributed by atoms with Gasteiger partial charge in [0.1, 0.15) is 19.3 Å². The molecule has 0 radical (unpaired) electrons. The summed E-state index contributed by atoms with van der Waals surface area (Å²) in [5.74, 6) is 1.02. The molecule has 0 aromatic heterocycles. The molecule has 588 valence electrons. The third-order valence-electron chi connectivity index (χ3n) is 18.9. The molecule has 6 atom stereocenters. The van der Waals surface area contributed by atoms with Crippen LogP contribution in [-0.2, 0) is 65.4 Å². The minimum absolute atomic E-state index is 0.106. The van der Waals surface area contributed by atoms with Gasteiger partial charge >= 0.3 is 39.5 Å². The van der Waals surface area contributed by atoms with E-state index in [1.54, 1.807) is 0 Å². The van der Waals surface area contributed by atoms with Gasteiger partial charge in [-0.1, -0.05) is 357 Å². The number of aliphatic hydroxyl groups is 1. The van der Waals surface area contributed by atoms with Crippen LogP contribution in [0.15, 0.2) is 0 Å². The van der Waals surface area contributed by atoms with Crippen molar-refractivity contribution in [1.82, 2.24) is 0 Å². The number of carbonyl (C=O) groups is 4. The van der Waals surface area contributed by atoms with Gasteiger partial charge in [0.25, 0.3) is 0 Å². The molecule has 3 N–H and O–H groups in total. The fourth-order valence-corrected chi connectivity index (χ4v) is 13.8. The number of phosphoric acid groups is 2. The number of unbranched alkanes of at least 4 members (excludes halogenated alkanes) is 42. The van der Waals surface area contributed by atoms with Crippen molar-refractivity contribution < 1.29 is 80.2 Å². The fourth-order valence-electron chi connectivity index (χ4n) is 12.2. The zero-order valence-electron chi connectivity index (χ0n) is 65.1. The number of rotatable bonds is 77. The van der Waals surface area contributed by atoms with Crippen LogP contribution in [0.3, 0.4) is 0 Å². The van der Waals surface area contributed by atoms with E-state index in [0.29, 0.717) is 25.7 Å². The monoisotopic (exact) mass is 1450 g/mol. The number of ether oxygens (including phenoxy) is 4. The highest BCUT2D eigenvalue weighted by Crippen LogP contribution is 2.45. The molecule has 0 fully saturated rings. The van der Waals surface area contributed by atoms with Crippen molar-refractivity contribution in [1.29, 1.82) is 0 Å². The normalized spacial score (nSPS) is 14.3.